The number of hydrogen-bond acceptors (Lipinski definition) is 8. The van der Waals surface area contributed by atoms with Gasteiger partial charge in [0.1, 0.15) is 28.7 Å². The minimum absolute atomic E-state index is 0.126. The predicted molar refractivity (Wildman–Crippen MR) is 225 cm³/mol. The van der Waals surface area contributed by atoms with E-state index in [-0.39, 0.29) is 23.8 Å². The average molecular weight is 820 g/mol. The van der Waals surface area contributed by atoms with E-state index in [0.29, 0.717) is 55.6 Å². The largest absolute Gasteiger partial charge is 0.497 e. The van der Waals surface area contributed by atoms with Gasteiger partial charge in [0.25, 0.3) is 0 Å². The van der Waals surface area contributed by atoms with E-state index in [1.54, 1.807) is 43.4 Å². The second-order valence-electron chi connectivity index (χ2n) is 15.6. The molecule has 1 amide bonds. The Morgan fingerprint density at radius 2 is 1.41 bits per heavy atom. The lowest BCUT2D eigenvalue weighted by molar-refractivity contribution is -0.00111. The first-order chi connectivity index (χ1) is 28.6. The van der Waals surface area contributed by atoms with Gasteiger partial charge in [-0.2, -0.15) is 4.31 Å². The summed E-state index contributed by atoms with van der Waals surface area (Å²) in [5.74, 6) is 2.45. The number of carbonyl (C=O) groups is 1. The van der Waals surface area contributed by atoms with Crippen LogP contribution in [0.25, 0.3) is 11.1 Å². The van der Waals surface area contributed by atoms with Gasteiger partial charge in [-0.1, -0.05) is 36.4 Å². The number of rotatable bonds is 15. The Hall–Kier alpha value is -5.43. The number of piperidine rings is 1. The predicted octanol–water partition coefficient (Wildman–Crippen LogP) is 9.17. The van der Waals surface area contributed by atoms with E-state index in [2.05, 4.69) is 17.0 Å². The number of ether oxygens (including phenoxy) is 4. The van der Waals surface area contributed by atoms with Crippen LogP contribution in [0.1, 0.15) is 60.8 Å². The molecule has 0 atom stereocenters. The van der Waals surface area contributed by atoms with Crippen LogP contribution in [-0.2, 0) is 34.4 Å². The molecule has 8 rings (SSSR count). The lowest BCUT2D eigenvalue weighted by Gasteiger charge is -2.37. The molecule has 0 bridgehead atoms. The van der Waals surface area contributed by atoms with Crippen LogP contribution in [0.15, 0.2) is 114 Å². The molecule has 2 heterocycles. The summed E-state index contributed by atoms with van der Waals surface area (Å²) in [6, 6.07) is 32.3. The van der Waals surface area contributed by atoms with Crippen LogP contribution in [0.2, 0.25) is 0 Å². The molecule has 59 heavy (non-hydrogen) atoms. The van der Waals surface area contributed by atoms with E-state index < -0.39 is 21.7 Å². The van der Waals surface area contributed by atoms with Gasteiger partial charge in [0.2, 0.25) is 10.0 Å². The number of likely N-dealkylation sites (tertiary alicyclic amines) is 1. The maximum atomic E-state index is 14.2. The van der Waals surface area contributed by atoms with Crippen molar-refractivity contribution in [1.29, 1.82) is 0 Å². The first kappa shape index (κ1) is 40.4. The van der Waals surface area contributed by atoms with Crippen molar-refractivity contribution in [2.75, 3.05) is 45.4 Å². The fourth-order valence-corrected chi connectivity index (χ4v) is 9.57. The Kier molecular flexibility index (Phi) is 11.7. The normalized spacial score (nSPS) is 16.7. The summed E-state index contributed by atoms with van der Waals surface area (Å²) in [4.78, 5) is 17.5. The first-order valence-corrected chi connectivity index (χ1v) is 21.6. The van der Waals surface area contributed by atoms with E-state index in [0.717, 1.165) is 59.5 Å². The van der Waals surface area contributed by atoms with Gasteiger partial charge in [-0.15, -0.1) is 0 Å². The molecule has 0 aromatic heterocycles. The van der Waals surface area contributed by atoms with Crippen LogP contribution in [0, 0.1) is 5.82 Å². The highest BCUT2D eigenvalue weighted by atomic mass is 32.2. The van der Waals surface area contributed by atoms with Crippen LogP contribution in [0.4, 0.5) is 14.9 Å². The minimum atomic E-state index is -3.96. The molecule has 12 heteroatoms. The lowest BCUT2D eigenvalue weighted by atomic mass is 9.90. The van der Waals surface area contributed by atoms with Gasteiger partial charge in [-0.3, -0.25) is 9.80 Å². The first-order valence-electron chi connectivity index (χ1n) is 20.2. The highest BCUT2D eigenvalue weighted by Crippen LogP contribution is 2.47. The zero-order valence-corrected chi connectivity index (χ0v) is 34.5. The van der Waals surface area contributed by atoms with Gasteiger partial charge >= 0.3 is 6.09 Å². The molecule has 1 spiro atoms. The second kappa shape index (κ2) is 17.0. The van der Waals surface area contributed by atoms with E-state index in [1.165, 1.54) is 22.0 Å². The highest BCUT2D eigenvalue weighted by Gasteiger charge is 2.47. The van der Waals surface area contributed by atoms with Crippen molar-refractivity contribution in [1.82, 2.24) is 9.21 Å². The Morgan fingerprint density at radius 3 is 1.95 bits per heavy atom. The lowest BCUT2D eigenvalue weighted by Crippen LogP contribution is -2.46. The van der Waals surface area contributed by atoms with E-state index in [1.807, 2.05) is 67.6 Å². The number of hydrogen-bond donors (Lipinski definition) is 0. The van der Waals surface area contributed by atoms with Crippen LogP contribution < -0.4 is 19.1 Å². The number of anilines is 1. The molecule has 0 radical (unpaired) electrons. The number of nitrogens with zero attached hydrogens (tertiary/aromatic N) is 3. The van der Waals surface area contributed by atoms with Gasteiger partial charge in [0.15, 0.2) is 0 Å². The molecule has 1 aliphatic carbocycles. The zero-order valence-electron chi connectivity index (χ0n) is 33.7. The quantitative estimate of drug-likeness (QED) is 0.103. The Labute approximate surface area is 346 Å². The fourth-order valence-electron chi connectivity index (χ4n) is 8.15. The third kappa shape index (κ3) is 8.95. The van der Waals surface area contributed by atoms with E-state index in [9.17, 15) is 17.6 Å². The van der Waals surface area contributed by atoms with Crippen LogP contribution in [0.5, 0.6) is 17.2 Å². The number of methoxy groups -OCH3 is 2. The molecule has 3 aliphatic rings. The number of carbonyl (C=O) groups excluding carboxylic acids is 1. The molecule has 10 nitrogen and oxygen atoms in total. The summed E-state index contributed by atoms with van der Waals surface area (Å²) in [6.07, 6.45) is 3.18. The monoisotopic (exact) mass is 819 g/mol. The number of sulfonamides is 1. The van der Waals surface area contributed by atoms with Crippen molar-refractivity contribution < 1.29 is 36.6 Å². The molecular formula is C47H50FN3O7S. The Balaban J connectivity index is 0.947. The molecule has 0 N–H and O–H groups in total. The second-order valence-corrected chi connectivity index (χ2v) is 17.6. The smallest absolute Gasteiger partial charge is 0.415 e. The van der Waals surface area contributed by atoms with Crippen molar-refractivity contribution in [3.05, 3.63) is 137 Å². The van der Waals surface area contributed by atoms with Gasteiger partial charge in [-0.25, -0.2) is 17.6 Å². The molecule has 2 saturated heterocycles. The summed E-state index contributed by atoms with van der Waals surface area (Å²) in [5, 5.41) is 0. The van der Waals surface area contributed by atoms with Gasteiger partial charge in [0.05, 0.1) is 32.3 Å². The SMILES string of the molecule is CCOc1cc(-c2ccc(F)cc2)c(C2CC2)cc1CN1CCC2(CC1)CN(c1ccc(S(=O)(=O)N(Cc3ccc(OC)cc3)Cc3ccc(OC)cc3)cc1)C(=O)O2. The average Bonchev–Trinajstić information content (AvgIpc) is 4.05. The number of amides is 1. The number of benzene rings is 5. The molecule has 5 aromatic rings. The third-order valence-corrected chi connectivity index (χ3v) is 13.5. The van der Waals surface area contributed by atoms with E-state index >= 15 is 0 Å². The fraction of sp³-hybridized carbons (Fsp3) is 0.340. The van der Waals surface area contributed by atoms with Crippen molar-refractivity contribution >= 4 is 21.8 Å². The molecule has 1 saturated carbocycles. The summed E-state index contributed by atoms with van der Waals surface area (Å²) >= 11 is 0. The third-order valence-electron chi connectivity index (χ3n) is 11.7. The molecule has 2 aliphatic heterocycles. The van der Waals surface area contributed by atoms with Crippen molar-refractivity contribution in [2.45, 2.75) is 68.7 Å². The van der Waals surface area contributed by atoms with Crippen molar-refractivity contribution in [3.63, 3.8) is 0 Å². The minimum Gasteiger partial charge on any atom is -0.497 e. The maximum absolute atomic E-state index is 14.2. The Bertz CT molecular complexity index is 2310. The zero-order chi connectivity index (χ0) is 41.1. The summed E-state index contributed by atoms with van der Waals surface area (Å²) in [5.41, 5.74) is 6.07. The summed E-state index contributed by atoms with van der Waals surface area (Å²) in [7, 11) is -0.782. The number of halogens is 1. The van der Waals surface area contributed by atoms with Gasteiger partial charge < -0.3 is 18.9 Å². The molecule has 3 fully saturated rings. The molecular weight excluding hydrogens is 770 g/mol. The molecule has 0 unspecified atom stereocenters. The Morgan fingerprint density at radius 1 is 0.814 bits per heavy atom. The van der Waals surface area contributed by atoms with Gasteiger partial charge in [0, 0.05) is 56.8 Å². The topological polar surface area (TPSA) is 97.9 Å². The standard InChI is InChI=1S/C47H50FN3O7S/c1-4-57-45-28-44(36-11-13-38(48)14-12-36)43(35-9-10-35)27-37(45)31-49-25-23-47(24-26-49)32-51(46(52)58-47)39-15-21-42(22-16-39)59(53,54)50(29-33-5-17-40(55-2)18-6-33)30-34-7-19-41(56-3)20-8-34/h5-8,11-22,27-28,35H,4,9-10,23-26,29-32H2,1-3H3. The molecule has 5 aromatic carbocycles. The molecule has 308 valence electrons. The van der Waals surface area contributed by atoms with Gasteiger partial charge in [-0.05, 0) is 126 Å². The van der Waals surface area contributed by atoms with Crippen LogP contribution in [0.3, 0.4) is 0 Å². The summed E-state index contributed by atoms with van der Waals surface area (Å²) < 4.78 is 66.6. The highest BCUT2D eigenvalue weighted by molar-refractivity contribution is 7.89. The summed E-state index contributed by atoms with van der Waals surface area (Å²) in [6.45, 7) is 5.37. The van der Waals surface area contributed by atoms with Crippen LogP contribution in [-0.4, -0.2) is 69.8 Å². The van der Waals surface area contributed by atoms with E-state index in [4.69, 9.17) is 18.9 Å². The van der Waals surface area contributed by atoms with Crippen LogP contribution >= 0.6 is 0 Å². The van der Waals surface area contributed by atoms with Crippen molar-refractivity contribution in [2.24, 2.45) is 0 Å². The maximum Gasteiger partial charge on any atom is 0.415 e. The van der Waals surface area contributed by atoms with Crippen molar-refractivity contribution in [3.8, 4) is 28.4 Å².